The maximum absolute atomic E-state index is 13.5. The average molecular weight is 506 g/mol. The summed E-state index contributed by atoms with van der Waals surface area (Å²) in [6.07, 6.45) is 3.51. The highest BCUT2D eigenvalue weighted by molar-refractivity contribution is 5.82. The first-order valence-corrected chi connectivity index (χ1v) is 12.9. The molecular formula is C29H31NO7. The van der Waals surface area contributed by atoms with Crippen LogP contribution in [0.25, 0.3) is 0 Å². The largest absolute Gasteiger partial charge is 0.493 e. The molecule has 194 valence electrons. The fourth-order valence-electron chi connectivity index (χ4n) is 7.04. The number of nitrogens with two attached hydrogens (primary N) is 1. The molecule has 2 bridgehead atoms. The monoisotopic (exact) mass is 505 g/mol. The minimum atomic E-state index is -1.25. The number of esters is 2. The number of aliphatic hydroxyl groups is 1. The van der Waals surface area contributed by atoms with Gasteiger partial charge in [0.2, 0.25) is 6.10 Å². The zero-order valence-corrected chi connectivity index (χ0v) is 20.8. The van der Waals surface area contributed by atoms with Gasteiger partial charge in [-0.1, -0.05) is 42.8 Å². The second-order valence-corrected chi connectivity index (χ2v) is 10.4. The molecule has 2 aromatic rings. The molecule has 3 aliphatic carbocycles. The first kappa shape index (κ1) is 24.0. The van der Waals surface area contributed by atoms with Gasteiger partial charge in [0.25, 0.3) is 0 Å². The maximum atomic E-state index is 13.5. The van der Waals surface area contributed by atoms with Crippen LogP contribution >= 0.6 is 0 Å². The van der Waals surface area contributed by atoms with Gasteiger partial charge in [0.05, 0.1) is 24.5 Å². The summed E-state index contributed by atoms with van der Waals surface area (Å²) in [4.78, 5) is 25.8. The Labute approximate surface area is 215 Å². The lowest BCUT2D eigenvalue weighted by atomic mass is 9.47. The number of hydrogen-bond acceptors (Lipinski definition) is 8. The normalized spacial score (nSPS) is 29.3. The van der Waals surface area contributed by atoms with Crippen LogP contribution < -0.4 is 15.2 Å². The van der Waals surface area contributed by atoms with Gasteiger partial charge < -0.3 is 29.8 Å². The lowest BCUT2D eigenvalue weighted by Crippen LogP contribution is -2.67. The molecule has 1 saturated carbocycles. The minimum Gasteiger partial charge on any atom is -0.493 e. The molecule has 6 rings (SSSR count). The Bertz CT molecular complexity index is 1270. The molecule has 0 amide bonds. The fraction of sp³-hybridized carbons (Fsp3) is 0.448. The summed E-state index contributed by atoms with van der Waals surface area (Å²) in [5.41, 5.74) is 6.38. The quantitative estimate of drug-likeness (QED) is 0.551. The van der Waals surface area contributed by atoms with Crippen LogP contribution in [0, 0.1) is 5.92 Å². The third kappa shape index (κ3) is 3.42. The molecule has 0 unspecified atom stereocenters. The topological polar surface area (TPSA) is 117 Å². The molecular weight excluding hydrogens is 474 g/mol. The molecule has 4 aliphatic rings. The van der Waals surface area contributed by atoms with Gasteiger partial charge in [0, 0.05) is 17.7 Å². The Kier molecular flexibility index (Phi) is 5.76. The summed E-state index contributed by atoms with van der Waals surface area (Å²) in [6.45, 7) is 0.112. The minimum absolute atomic E-state index is 0.0134. The molecule has 0 radical (unpaired) electrons. The van der Waals surface area contributed by atoms with Gasteiger partial charge >= 0.3 is 11.9 Å². The van der Waals surface area contributed by atoms with Crippen LogP contribution in [-0.2, 0) is 30.9 Å². The van der Waals surface area contributed by atoms with Crippen molar-refractivity contribution in [3.63, 3.8) is 0 Å². The second kappa shape index (κ2) is 8.89. The van der Waals surface area contributed by atoms with E-state index in [2.05, 4.69) is 6.07 Å². The molecule has 2 aromatic carbocycles. The number of rotatable bonds is 7. The van der Waals surface area contributed by atoms with Crippen molar-refractivity contribution in [1.82, 2.24) is 0 Å². The highest BCUT2D eigenvalue weighted by Crippen LogP contribution is 2.67. The zero-order valence-electron chi connectivity index (χ0n) is 20.8. The Morgan fingerprint density at radius 1 is 1.22 bits per heavy atom. The van der Waals surface area contributed by atoms with Gasteiger partial charge in [0.1, 0.15) is 5.76 Å². The van der Waals surface area contributed by atoms with Gasteiger partial charge in [-0.25, -0.2) is 4.79 Å². The first-order valence-electron chi connectivity index (χ1n) is 12.9. The summed E-state index contributed by atoms with van der Waals surface area (Å²) < 4.78 is 23.6. The van der Waals surface area contributed by atoms with Crippen molar-refractivity contribution in [1.29, 1.82) is 0 Å². The van der Waals surface area contributed by atoms with E-state index in [-0.39, 0.29) is 18.9 Å². The van der Waals surface area contributed by atoms with Crippen LogP contribution in [0.1, 0.15) is 54.9 Å². The number of carbonyl (C=O) groups is 2. The summed E-state index contributed by atoms with van der Waals surface area (Å²) in [6, 6.07) is 12.7. The van der Waals surface area contributed by atoms with E-state index in [1.165, 1.54) is 0 Å². The number of hydrogen-bond donors (Lipinski definition) is 2. The van der Waals surface area contributed by atoms with Gasteiger partial charge in [-0.2, -0.15) is 0 Å². The van der Waals surface area contributed by atoms with Crippen LogP contribution in [0.4, 0.5) is 0 Å². The molecule has 1 heterocycles. The van der Waals surface area contributed by atoms with Crippen molar-refractivity contribution in [2.45, 2.75) is 61.7 Å². The molecule has 8 heteroatoms. The van der Waals surface area contributed by atoms with E-state index in [0.717, 1.165) is 30.4 Å². The van der Waals surface area contributed by atoms with Crippen molar-refractivity contribution >= 4 is 11.9 Å². The van der Waals surface area contributed by atoms with E-state index in [1.54, 1.807) is 37.5 Å². The molecule has 0 aromatic heterocycles. The van der Waals surface area contributed by atoms with E-state index < -0.39 is 35.2 Å². The number of ether oxygens (including phenoxy) is 4. The molecule has 1 aliphatic heterocycles. The Balaban J connectivity index is 1.38. The number of benzene rings is 2. The van der Waals surface area contributed by atoms with Crippen molar-refractivity contribution in [2.75, 3.05) is 13.7 Å². The van der Waals surface area contributed by atoms with Crippen LogP contribution in [0.3, 0.4) is 0 Å². The molecule has 3 N–H and O–H groups in total. The highest BCUT2D eigenvalue weighted by Gasteiger charge is 2.71. The standard InChI is InChI=1S/C29H31NO7/c1-34-20-10-9-18-16-19-8-5-13-28-23(18)25(20)37-26(28)21(11-14-29(19,28)33)35-27(32)24(36-22(31)12-15-30)17-6-3-2-4-7-17/h2-4,6-7,9-11,19,24,26,33H,5,8,12-16,30H2,1H3/t19-,24+,26+,28+,29-/m1/s1. The van der Waals surface area contributed by atoms with Gasteiger partial charge in [-0.15, -0.1) is 0 Å². The summed E-state index contributed by atoms with van der Waals surface area (Å²) >= 11 is 0. The van der Waals surface area contributed by atoms with Crippen LogP contribution in [0.2, 0.25) is 0 Å². The SMILES string of the molecule is COc1ccc2c3c1O[C@H]1C(OC(=O)[C@@H](OC(=O)CCN)c4ccccc4)=CC[C@@]4(O)[C@H](CCC[C@]314)C2. The molecule has 1 fully saturated rings. The molecule has 37 heavy (non-hydrogen) atoms. The van der Waals surface area contributed by atoms with Crippen molar-refractivity contribution < 1.29 is 33.6 Å². The van der Waals surface area contributed by atoms with Crippen LogP contribution in [0.5, 0.6) is 11.5 Å². The van der Waals surface area contributed by atoms with Crippen LogP contribution in [-0.4, -0.2) is 42.4 Å². The number of methoxy groups -OCH3 is 1. The molecule has 8 nitrogen and oxygen atoms in total. The fourth-order valence-corrected chi connectivity index (χ4v) is 7.04. The Hall–Kier alpha value is -3.36. The van der Waals surface area contributed by atoms with Gasteiger partial charge in [-0.05, 0) is 49.3 Å². The predicted octanol–water partition coefficient (Wildman–Crippen LogP) is 3.25. The van der Waals surface area contributed by atoms with E-state index >= 15 is 0 Å². The molecule has 1 spiro atoms. The van der Waals surface area contributed by atoms with Gasteiger partial charge in [0.15, 0.2) is 17.6 Å². The third-order valence-corrected chi connectivity index (χ3v) is 8.60. The average Bonchev–Trinajstić information content (AvgIpc) is 3.24. The first-order chi connectivity index (χ1) is 17.9. The van der Waals surface area contributed by atoms with Crippen molar-refractivity contribution in [3.8, 4) is 11.5 Å². The van der Waals surface area contributed by atoms with Crippen molar-refractivity contribution in [3.05, 3.63) is 71.0 Å². The predicted molar refractivity (Wildman–Crippen MR) is 133 cm³/mol. The second-order valence-electron chi connectivity index (χ2n) is 10.4. The molecule has 0 saturated heterocycles. The van der Waals surface area contributed by atoms with Crippen LogP contribution in [0.15, 0.2) is 54.3 Å². The van der Waals surface area contributed by atoms with E-state index in [1.807, 2.05) is 12.1 Å². The summed E-state index contributed by atoms with van der Waals surface area (Å²) in [5, 5.41) is 12.2. The van der Waals surface area contributed by atoms with Crippen molar-refractivity contribution in [2.24, 2.45) is 11.7 Å². The van der Waals surface area contributed by atoms with E-state index in [9.17, 15) is 14.7 Å². The Morgan fingerprint density at radius 3 is 2.78 bits per heavy atom. The summed E-state index contributed by atoms with van der Waals surface area (Å²) in [5.74, 6) is 0.318. The lowest BCUT2D eigenvalue weighted by Gasteiger charge is -2.59. The zero-order chi connectivity index (χ0) is 25.8. The lowest BCUT2D eigenvalue weighted by molar-refractivity contribution is -0.172. The smallest absolute Gasteiger partial charge is 0.357 e. The third-order valence-electron chi connectivity index (χ3n) is 8.60. The van der Waals surface area contributed by atoms with E-state index in [4.69, 9.17) is 24.7 Å². The summed E-state index contributed by atoms with van der Waals surface area (Å²) in [7, 11) is 1.59. The Morgan fingerprint density at radius 2 is 2.03 bits per heavy atom. The molecule has 5 atom stereocenters. The van der Waals surface area contributed by atoms with Gasteiger partial charge in [-0.3, -0.25) is 4.79 Å². The highest BCUT2D eigenvalue weighted by atomic mass is 16.6. The van der Waals surface area contributed by atoms with E-state index in [0.29, 0.717) is 35.7 Å². The maximum Gasteiger partial charge on any atom is 0.357 e. The number of carbonyl (C=O) groups excluding carboxylic acids is 2.